The van der Waals surface area contributed by atoms with Crippen LogP contribution in [0.5, 0.6) is 0 Å². The highest BCUT2D eigenvalue weighted by atomic mass is 35.5. The van der Waals surface area contributed by atoms with Crippen LogP contribution in [0.2, 0.25) is 5.02 Å². The maximum Gasteiger partial charge on any atom is 0.263 e. The molecule has 0 fully saturated rings. The van der Waals surface area contributed by atoms with Gasteiger partial charge < -0.3 is 5.32 Å². The predicted octanol–water partition coefficient (Wildman–Crippen LogP) is 5.25. The first kappa shape index (κ1) is 21.2. The number of hydrogen-bond acceptors (Lipinski definition) is 4. The Morgan fingerprint density at radius 2 is 1.72 bits per heavy atom. The van der Waals surface area contributed by atoms with E-state index in [1.807, 2.05) is 24.5 Å². The monoisotopic (exact) mass is 450 g/mol. The van der Waals surface area contributed by atoms with Gasteiger partial charge in [0.2, 0.25) is 0 Å². The number of halogens is 2. The summed E-state index contributed by atoms with van der Waals surface area (Å²) in [6, 6.07) is 16.1. The molecule has 0 heterocycles. The summed E-state index contributed by atoms with van der Waals surface area (Å²) in [5.41, 5.74) is 0.889. The minimum Gasteiger partial charge on any atom is -0.322 e. The summed E-state index contributed by atoms with van der Waals surface area (Å²) in [5, 5.41) is 2.69. The van der Waals surface area contributed by atoms with E-state index in [1.165, 1.54) is 42.1 Å². The Kier molecular flexibility index (Phi) is 6.46. The van der Waals surface area contributed by atoms with E-state index in [2.05, 4.69) is 10.0 Å². The molecule has 150 valence electrons. The summed E-state index contributed by atoms with van der Waals surface area (Å²) in [5.74, 6) is -0.964. The van der Waals surface area contributed by atoms with Crippen LogP contribution < -0.4 is 10.0 Å². The lowest BCUT2D eigenvalue weighted by atomic mass is 10.2. The van der Waals surface area contributed by atoms with Crippen molar-refractivity contribution in [3.05, 3.63) is 83.1 Å². The molecule has 0 saturated carbocycles. The molecule has 9 heteroatoms. The van der Waals surface area contributed by atoms with E-state index in [-0.39, 0.29) is 21.2 Å². The summed E-state index contributed by atoms with van der Waals surface area (Å²) in [7, 11) is -4.08. The number of nitrogens with one attached hydrogen (secondary N) is 2. The number of benzene rings is 3. The van der Waals surface area contributed by atoms with Crippen molar-refractivity contribution in [3.63, 3.8) is 0 Å². The van der Waals surface area contributed by atoms with E-state index in [0.717, 1.165) is 17.0 Å². The molecule has 0 unspecified atom stereocenters. The molecule has 1 amide bonds. The highest BCUT2D eigenvalue weighted by Crippen LogP contribution is 2.26. The van der Waals surface area contributed by atoms with Crippen molar-refractivity contribution in [1.82, 2.24) is 0 Å². The minimum atomic E-state index is -4.08. The van der Waals surface area contributed by atoms with Crippen LogP contribution in [-0.4, -0.2) is 20.6 Å². The van der Waals surface area contributed by atoms with Crippen molar-refractivity contribution < 1.29 is 17.6 Å². The quantitative estimate of drug-likeness (QED) is 0.502. The third kappa shape index (κ3) is 5.29. The van der Waals surface area contributed by atoms with Gasteiger partial charge in [-0.25, -0.2) is 12.8 Å². The molecule has 2 N–H and O–H groups in total. The van der Waals surface area contributed by atoms with E-state index in [4.69, 9.17) is 11.6 Å². The van der Waals surface area contributed by atoms with Crippen molar-refractivity contribution >= 4 is 50.7 Å². The molecule has 5 nitrogen and oxygen atoms in total. The van der Waals surface area contributed by atoms with Crippen LogP contribution >= 0.6 is 23.4 Å². The van der Waals surface area contributed by atoms with E-state index < -0.39 is 21.7 Å². The zero-order valence-corrected chi connectivity index (χ0v) is 17.5. The number of sulfonamides is 1. The van der Waals surface area contributed by atoms with Crippen LogP contribution in [-0.2, 0) is 10.0 Å². The van der Waals surface area contributed by atoms with Crippen LogP contribution in [0.3, 0.4) is 0 Å². The number of thioether (sulfide) groups is 1. The molecule has 0 bridgehead atoms. The smallest absolute Gasteiger partial charge is 0.263 e. The summed E-state index contributed by atoms with van der Waals surface area (Å²) in [4.78, 5) is 13.3. The normalized spacial score (nSPS) is 11.1. The van der Waals surface area contributed by atoms with Gasteiger partial charge in [-0.2, -0.15) is 0 Å². The average Bonchev–Trinajstić information content (AvgIpc) is 2.70. The number of hydrogen-bond donors (Lipinski definition) is 2. The van der Waals surface area contributed by atoms with Crippen molar-refractivity contribution in [2.75, 3.05) is 16.3 Å². The maximum atomic E-state index is 13.0. The van der Waals surface area contributed by atoms with Gasteiger partial charge in [0.15, 0.2) is 0 Å². The maximum absolute atomic E-state index is 13.0. The summed E-state index contributed by atoms with van der Waals surface area (Å²) >= 11 is 7.60. The van der Waals surface area contributed by atoms with Gasteiger partial charge in [-0.1, -0.05) is 17.7 Å². The molecule has 0 aliphatic rings. The van der Waals surface area contributed by atoms with E-state index in [1.54, 1.807) is 6.07 Å². The highest BCUT2D eigenvalue weighted by molar-refractivity contribution is 7.98. The molecule has 0 radical (unpaired) electrons. The number of rotatable bonds is 6. The molecule has 3 rings (SSSR count). The predicted molar refractivity (Wildman–Crippen MR) is 115 cm³/mol. The minimum absolute atomic E-state index is 0.0412. The largest absolute Gasteiger partial charge is 0.322 e. The van der Waals surface area contributed by atoms with Gasteiger partial charge in [0.05, 0.1) is 5.02 Å². The Bertz CT molecular complexity index is 1150. The lowest BCUT2D eigenvalue weighted by molar-refractivity contribution is 0.102. The van der Waals surface area contributed by atoms with Crippen LogP contribution in [0.15, 0.2) is 76.5 Å². The molecule has 29 heavy (non-hydrogen) atoms. The van der Waals surface area contributed by atoms with Gasteiger partial charge in [0, 0.05) is 21.8 Å². The van der Waals surface area contributed by atoms with Crippen LogP contribution in [0, 0.1) is 5.82 Å². The Hall–Kier alpha value is -2.55. The average molecular weight is 451 g/mol. The fourth-order valence-corrected chi connectivity index (χ4v) is 4.53. The van der Waals surface area contributed by atoms with Crippen LogP contribution in [0.1, 0.15) is 10.4 Å². The topological polar surface area (TPSA) is 75.3 Å². The number of carbonyl (C=O) groups is 1. The Labute approximate surface area is 177 Å². The molecule has 0 aliphatic heterocycles. The molecule has 3 aromatic rings. The fourth-order valence-electron chi connectivity index (χ4n) is 2.48. The lowest BCUT2D eigenvalue weighted by Crippen LogP contribution is -2.16. The van der Waals surface area contributed by atoms with Gasteiger partial charge in [-0.05, 0) is 66.9 Å². The van der Waals surface area contributed by atoms with Gasteiger partial charge in [0.1, 0.15) is 10.7 Å². The third-order valence-electron chi connectivity index (χ3n) is 3.91. The SMILES string of the molecule is CSc1cccc(NC(=O)c2ccc(Cl)c(S(=O)(=O)Nc3ccc(F)cc3)c2)c1. The van der Waals surface area contributed by atoms with E-state index in [9.17, 15) is 17.6 Å². The summed E-state index contributed by atoms with van der Waals surface area (Å²) in [6.07, 6.45) is 1.92. The Morgan fingerprint density at radius 1 is 1.00 bits per heavy atom. The molecular formula is C20H16ClFN2O3S2. The van der Waals surface area contributed by atoms with E-state index >= 15 is 0 Å². The van der Waals surface area contributed by atoms with Gasteiger partial charge in [0.25, 0.3) is 15.9 Å². The Balaban J connectivity index is 1.86. The first-order valence-corrected chi connectivity index (χ1v) is 11.4. The molecule has 0 aliphatic carbocycles. The zero-order chi connectivity index (χ0) is 21.0. The third-order valence-corrected chi connectivity index (χ3v) is 6.50. The van der Waals surface area contributed by atoms with Gasteiger partial charge >= 0.3 is 0 Å². The summed E-state index contributed by atoms with van der Waals surface area (Å²) < 4.78 is 40.8. The number of anilines is 2. The molecule has 0 saturated heterocycles. The second-order valence-corrected chi connectivity index (χ2v) is 8.88. The zero-order valence-electron chi connectivity index (χ0n) is 15.1. The number of amides is 1. The molecule has 0 spiro atoms. The van der Waals surface area contributed by atoms with Crippen LogP contribution in [0.25, 0.3) is 0 Å². The van der Waals surface area contributed by atoms with Crippen molar-refractivity contribution in [2.45, 2.75) is 9.79 Å². The standard InChI is InChI=1S/C20H16ClFN2O3S2/c1-28-17-4-2-3-16(12-17)23-20(25)13-5-10-18(21)19(11-13)29(26,27)24-15-8-6-14(22)7-9-15/h2-12,24H,1H3,(H,23,25). The molecule has 0 atom stereocenters. The lowest BCUT2D eigenvalue weighted by Gasteiger charge is -2.12. The second kappa shape index (κ2) is 8.86. The summed E-state index contributed by atoms with van der Waals surface area (Å²) in [6.45, 7) is 0. The van der Waals surface area contributed by atoms with Crippen molar-refractivity contribution in [1.29, 1.82) is 0 Å². The molecule has 0 aromatic heterocycles. The Morgan fingerprint density at radius 3 is 2.41 bits per heavy atom. The van der Waals surface area contributed by atoms with Crippen LogP contribution in [0.4, 0.5) is 15.8 Å². The van der Waals surface area contributed by atoms with Crippen molar-refractivity contribution in [2.24, 2.45) is 0 Å². The highest BCUT2D eigenvalue weighted by Gasteiger charge is 2.20. The molecular weight excluding hydrogens is 435 g/mol. The van der Waals surface area contributed by atoms with E-state index in [0.29, 0.717) is 5.69 Å². The number of carbonyl (C=O) groups excluding carboxylic acids is 1. The van der Waals surface area contributed by atoms with Gasteiger partial charge in [-0.3, -0.25) is 9.52 Å². The first-order chi connectivity index (χ1) is 13.8. The molecule has 3 aromatic carbocycles. The van der Waals surface area contributed by atoms with Crippen molar-refractivity contribution in [3.8, 4) is 0 Å². The fraction of sp³-hybridized carbons (Fsp3) is 0.0500. The van der Waals surface area contributed by atoms with Gasteiger partial charge in [-0.15, -0.1) is 11.8 Å². The second-order valence-electron chi connectivity index (χ2n) is 5.94. The first-order valence-electron chi connectivity index (χ1n) is 8.32.